The summed E-state index contributed by atoms with van der Waals surface area (Å²) in [6.07, 6.45) is 1.74. The number of aliphatic hydroxyl groups excluding tert-OH is 1. The summed E-state index contributed by atoms with van der Waals surface area (Å²) in [5.74, 6) is 0. The van der Waals surface area contributed by atoms with Crippen LogP contribution in [0.5, 0.6) is 0 Å². The van der Waals surface area contributed by atoms with Gasteiger partial charge in [-0.3, -0.25) is 0 Å². The zero-order valence-corrected chi connectivity index (χ0v) is 13.1. The molecule has 2 rings (SSSR count). The van der Waals surface area contributed by atoms with Crippen LogP contribution in [-0.2, 0) is 0 Å². The summed E-state index contributed by atoms with van der Waals surface area (Å²) in [4.78, 5) is 2.24. The lowest BCUT2D eigenvalue weighted by Crippen LogP contribution is -2.29. The summed E-state index contributed by atoms with van der Waals surface area (Å²) in [5.41, 5.74) is 2.05. The van der Waals surface area contributed by atoms with Gasteiger partial charge >= 0.3 is 0 Å². The Bertz CT molecular complexity index is 527. The molecule has 1 atom stereocenters. The number of benzene rings is 2. The molecule has 21 heavy (non-hydrogen) atoms. The zero-order chi connectivity index (χ0) is 15.1. The highest BCUT2D eigenvalue weighted by Crippen LogP contribution is 2.21. The molecule has 2 nitrogen and oxygen atoms in total. The van der Waals surface area contributed by atoms with E-state index in [4.69, 9.17) is 11.6 Å². The number of hydrogen-bond acceptors (Lipinski definition) is 2. The Morgan fingerprint density at radius 3 is 2.33 bits per heavy atom. The van der Waals surface area contributed by atoms with Gasteiger partial charge in [-0.05, 0) is 36.2 Å². The molecule has 3 heteroatoms. The van der Waals surface area contributed by atoms with Crippen molar-refractivity contribution in [1.29, 1.82) is 0 Å². The van der Waals surface area contributed by atoms with Crippen LogP contribution in [0.25, 0.3) is 0 Å². The van der Waals surface area contributed by atoms with Crippen LogP contribution in [0.15, 0.2) is 54.6 Å². The van der Waals surface area contributed by atoms with Crippen LogP contribution in [0.4, 0.5) is 5.69 Å². The number of anilines is 1. The minimum Gasteiger partial charge on any atom is -0.387 e. The Hall–Kier alpha value is -1.51. The maximum atomic E-state index is 10.5. The van der Waals surface area contributed by atoms with E-state index in [2.05, 4.69) is 24.0 Å². The van der Waals surface area contributed by atoms with Crippen molar-refractivity contribution in [3.8, 4) is 0 Å². The molecule has 0 fully saturated rings. The molecule has 0 aromatic heterocycles. The highest BCUT2D eigenvalue weighted by atomic mass is 35.5. The monoisotopic (exact) mass is 303 g/mol. The van der Waals surface area contributed by atoms with Gasteiger partial charge in [0.1, 0.15) is 0 Å². The Labute approximate surface area is 132 Å². The average Bonchev–Trinajstić information content (AvgIpc) is 2.52. The molecule has 0 aliphatic heterocycles. The molecule has 0 aliphatic carbocycles. The second-order valence-electron chi connectivity index (χ2n) is 5.20. The van der Waals surface area contributed by atoms with Gasteiger partial charge in [0, 0.05) is 23.8 Å². The SMILES string of the molecule is CCCCN(C[C@@H](O)c1ccc(Cl)cc1)c1ccccc1. The minimum atomic E-state index is -0.515. The van der Waals surface area contributed by atoms with Crippen LogP contribution in [0.1, 0.15) is 31.4 Å². The Kier molecular flexibility index (Phi) is 6.09. The van der Waals surface area contributed by atoms with E-state index in [9.17, 15) is 5.11 Å². The fraction of sp³-hybridized carbons (Fsp3) is 0.333. The number of aliphatic hydroxyl groups is 1. The molecule has 1 N–H and O–H groups in total. The molecule has 2 aromatic carbocycles. The molecule has 112 valence electrons. The standard InChI is InChI=1S/C18H22ClNO/c1-2-3-13-20(17-7-5-4-6-8-17)14-18(21)15-9-11-16(19)12-10-15/h4-12,18,21H,2-3,13-14H2,1H3/t18-/m1/s1. The van der Waals surface area contributed by atoms with Crippen LogP contribution >= 0.6 is 11.6 Å². The molecule has 0 bridgehead atoms. The van der Waals surface area contributed by atoms with E-state index in [1.807, 2.05) is 42.5 Å². The summed E-state index contributed by atoms with van der Waals surface area (Å²) >= 11 is 5.89. The van der Waals surface area contributed by atoms with Crippen molar-refractivity contribution in [2.45, 2.75) is 25.9 Å². The Morgan fingerprint density at radius 2 is 1.71 bits per heavy atom. The first kappa shape index (κ1) is 15.9. The highest BCUT2D eigenvalue weighted by Gasteiger charge is 2.13. The van der Waals surface area contributed by atoms with Crippen molar-refractivity contribution in [1.82, 2.24) is 0 Å². The van der Waals surface area contributed by atoms with E-state index >= 15 is 0 Å². The van der Waals surface area contributed by atoms with E-state index in [0.717, 1.165) is 30.6 Å². The normalized spacial score (nSPS) is 12.1. The van der Waals surface area contributed by atoms with E-state index in [0.29, 0.717) is 11.6 Å². The highest BCUT2D eigenvalue weighted by molar-refractivity contribution is 6.30. The predicted octanol–water partition coefficient (Wildman–Crippen LogP) is 4.68. The maximum Gasteiger partial charge on any atom is 0.0964 e. The van der Waals surface area contributed by atoms with E-state index in [-0.39, 0.29) is 0 Å². The summed E-state index contributed by atoms with van der Waals surface area (Å²) in [6.45, 7) is 3.72. The third-order valence-electron chi connectivity index (χ3n) is 3.55. The van der Waals surface area contributed by atoms with Crippen molar-refractivity contribution >= 4 is 17.3 Å². The van der Waals surface area contributed by atoms with Crippen molar-refractivity contribution in [2.75, 3.05) is 18.0 Å². The lowest BCUT2D eigenvalue weighted by molar-refractivity contribution is 0.183. The van der Waals surface area contributed by atoms with E-state index in [1.54, 1.807) is 0 Å². The van der Waals surface area contributed by atoms with Gasteiger partial charge in [-0.15, -0.1) is 0 Å². The van der Waals surface area contributed by atoms with Crippen molar-refractivity contribution in [3.63, 3.8) is 0 Å². The van der Waals surface area contributed by atoms with Gasteiger partial charge in [0.2, 0.25) is 0 Å². The van der Waals surface area contributed by atoms with Gasteiger partial charge in [-0.1, -0.05) is 55.3 Å². The number of para-hydroxylation sites is 1. The molecule has 0 aliphatic rings. The number of rotatable bonds is 7. The summed E-state index contributed by atoms with van der Waals surface area (Å²) in [6, 6.07) is 17.7. The summed E-state index contributed by atoms with van der Waals surface area (Å²) < 4.78 is 0. The molecule has 0 amide bonds. The van der Waals surface area contributed by atoms with Gasteiger partial charge in [0.15, 0.2) is 0 Å². The van der Waals surface area contributed by atoms with Gasteiger partial charge in [0.25, 0.3) is 0 Å². The molecule has 0 saturated heterocycles. The average molecular weight is 304 g/mol. The van der Waals surface area contributed by atoms with E-state index in [1.165, 1.54) is 0 Å². The van der Waals surface area contributed by atoms with Crippen LogP contribution in [0.3, 0.4) is 0 Å². The predicted molar refractivity (Wildman–Crippen MR) is 90.0 cm³/mol. The largest absolute Gasteiger partial charge is 0.387 e. The molecule has 0 saturated carbocycles. The number of hydrogen-bond donors (Lipinski definition) is 1. The fourth-order valence-corrected chi connectivity index (χ4v) is 2.44. The van der Waals surface area contributed by atoms with Crippen LogP contribution < -0.4 is 4.90 Å². The first-order chi connectivity index (χ1) is 10.2. The van der Waals surface area contributed by atoms with Crippen LogP contribution in [0, 0.1) is 0 Å². The van der Waals surface area contributed by atoms with Crippen molar-refractivity contribution in [3.05, 3.63) is 65.2 Å². The van der Waals surface area contributed by atoms with Gasteiger partial charge < -0.3 is 10.0 Å². The first-order valence-electron chi connectivity index (χ1n) is 7.44. The van der Waals surface area contributed by atoms with Crippen LogP contribution in [0.2, 0.25) is 5.02 Å². The summed E-state index contributed by atoms with van der Waals surface area (Å²) in [7, 11) is 0. The van der Waals surface area contributed by atoms with Gasteiger partial charge in [0.05, 0.1) is 6.10 Å². The zero-order valence-electron chi connectivity index (χ0n) is 12.4. The molecular formula is C18H22ClNO. The van der Waals surface area contributed by atoms with Crippen LogP contribution in [-0.4, -0.2) is 18.2 Å². The molecule has 0 radical (unpaired) electrons. The lowest BCUT2D eigenvalue weighted by Gasteiger charge is -2.27. The fourth-order valence-electron chi connectivity index (χ4n) is 2.31. The molecule has 0 heterocycles. The van der Waals surface area contributed by atoms with Crippen molar-refractivity contribution < 1.29 is 5.11 Å². The second-order valence-corrected chi connectivity index (χ2v) is 5.64. The number of unbranched alkanes of at least 4 members (excludes halogenated alkanes) is 1. The van der Waals surface area contributed by atoms with E-state index < -0.39 is 6.10 Å². The van der Waals surface area contributed by atoms with Gasteiger partial charge in [-0.25, -0.2) is 0 Å². The molecular weight excluding hydrogens is 282 g/mol. The maximum absolute atomic E-state index is 10.5. The third kappa shape index (κ3) is 4.76. The third-order valence-corrected chi connectivity index (χ3v) is 3.80. The topological polar surface area (TPSA) is 23.5 Å². The van der Waals surface area contributed by atoms with Gasteiger partial charge in [-0.2, -0.15) is 0 Å². The summed E-state index contributed by atoms with van der Waals surface area (Å²) in [5, 5.41) is 11.1. The minimum absolute atomic E-state index is 0.515. The molecule has 0 unspecified atom stereocenters. The second kappa shape index (κ2) is 8.06. The first-order valence-corrected chi connectivity index (χ1v) is 7.82. The Balaban J connectivity index is 2.09. The quantitative estimate of drug-likeness (QED) is 0.803. The number of halogens is 1. The Morgan fingerprint density at radius 1 is 1.05 bits per heavy atom. The molecule has 0 spiro atoms. The smallest absolute Gasteiger partial charge is 0.0964 e. The lowest BCUT2D eigenvalue weighted by atomic mass is 10.1. The van der Waals surface area contributed by atoms with Crippen molar-refractivity contribution in [2.24, 2.45) is 0 Å². The molecule has 2 aromatic rings. The number of nitrogens with zero attached hydrogens (tertiary/aromatic N) is 1.